The minimum Gasteiger partial charge on any atom is -0.484 e. The maximum absolute atomic E-state index is 12.1. The fourth-order valence-electron chi connectivity index (χ4n) is 2.78. The summed E-state index contributed by atoms with van der Waals surface area (Å²) in [5, 5.41) is 3.99. The number of thioether (sulfide) groups is 1. The number of nitrogens with one attached hydrogen (secondary N) is 1. The van der Waals surface area contributed by atoms with Crippen molar-refractivity contribution in [2.45, 2.75) is 5.75 Å². The van der Waals surface area contributed by atoms with E-state index >= 15 is 0 Å². The summed E-state index contributed by atoms with van der Waals surface area (Å²) in [6.07, 6.45) is 1.57. The van der Waals surface area contributed by atoms with Gasteiger partial charge in [0.15, 0.2) is 6.61 Å². The molecule has 0 aromatic heterocycles. The van der Waals surface area contributed by atoms with Gasteiger partial charge in [-0.05, 0) is 41.5 Å². The first-order chi connectivity index (χ1) is 15.1. The minimum absolute atomic E-state index is 0.000707. The highest BCUT2D eigenvalue weighted by molar-refractivity contribution is 9.10. The fraction of sp³-hybridized carbons (Fsp3) is 0.318. The molecule has 9 heteroatoms. The van der Waals surface area contributed by atoms with E-state index < -0.39 is 0 Å². The smallest absolute Gasteiger partial charge is 0.260 e. The molecule has 31 heavy (non-hydrogen) atoms. The molecule has 1 fully saturated rings. The molecule has 0 aliphatic carbocycles. The summed E-state index contributed by atoms with van der Waals surface area (Å²) in [7, 11) is 0. The lowest BCUT2D eigenvalue weighted by Crippen LogP contribution is -2.42. The number of halogens is 1. The van der Waals surface area contributed by atoms with E-state index in [-0.39, 0.29) is 18.4 Å². The molecule has 7 nitrogen and oxygen atoms in total. The first-order valence-corrected chi connectivity index (χ1v) is 11.8. The van der Waals surface area contributed by atoms with E-state index in [1.54, 1.807) is 23.2 Å². The van der Waals surface area contributed by atoms with Gasteiger partial charge in [0.25, 0.3) is 5.91 Å². The molecular formula is C22H24BrN3O4S. The van der Waals surface area contributed by atoms with E-state index in [4.69, 9.17) is 9.47 Å². The highest BCUT2D eigenvalue weighted by atomic mass is 79.9. The largest absolute Gasteiger partial charge is 0.484 e. The number of ether oxygens (including phenoxy) is 2. The van der Waals surface area contributed by atoms with Crippen LogP contribution >= 0.6 is 27.7 Å². The number of amides is 2. The summed E-state index contributed by atoms with van der Waals surface area (Å²) in [5.74, 6) is 1.46. The van der Waals surface area contributed by atoms with Crippen molar-refractivity contribution in [3.63, 3.8) is 0 Å². The highest BCUT2D eigenvalue weighted by Crippen LogP contribution is 2.21. The Kier molecular flexibility index (Phi) is 9.39. The topological polar surface area (TPSA) is 80.2 Å². The van der Waals surface area contributed by atoms with Crippen LogP contribution in [-0.4, -0.2) is 61.6 Å². The second kappa shape index (κ2) is 12.5. The average molecular weight is 506 g/mol. The zero-order valence-electron chi connectivity index (χ0n) is 17.0. The molecule has 0 atom stereocenters. The third-order valence-electron chi connectivity index (χ3n) is 4.46. The van der Waals surface area contributed by atoms with E-state index in [2.05, 4.69) is 26.5 Å². The summed E-state index contributed by atoms with van der Waals surface area (Å²) in [4.78, 5) is 25.8. The van der Waals surface area contributed by atoms with Crippen LogP contribution in [0.3, 0.4) is 0 Å². The summed E-state index contributed by atoms with van der Waals surface area (Å²) in [6, 6.07) is 15.1. The Balaban J connectivity index is 1.35. The molecule has 1 saturated heterocycles. The van der Waals surface area contributed by atoms with Gasteiger partial charge in [-0.2, -0.15) is 5.10 Å². The van der Waals surface area contributed by atoms with Crippen molar-refractivity contribution in [1.29, 1.82) is 0 Å². The molecule has 2 amide bonds. The van der Waals surface area contributed by atoms with Crippen LogP contribution in [0.15, 0.2) is 58.1 Å². The maximum Gasteiger partial charge on any atom is 0.260 e. The van der Waals surface area contributed by atoms with Crippen molar-refractivity contribution >= 4 is 45.7 Å². The van der Waals surface area contributed by atoms with Crippen LogP contribution in [0, 0.1) is 0 Å². The molecule has 1 heterocycles. The van der Waals surface area contributed by atoms with E-state index in [9.17, 15) is 9.59 Å². The van der Waals surface area contributed by atoms with Gasteiger partial charge >= 0.3 is 0 Å². The lowest BCUT2D eigenvalue weighted by Gasteiger charge is -2.26. The van der Waals surface area contributed by atoms with Crippen molar-refractivity contribution in [3.05, 3.63) is 64.1 Å². The minimum atomic E-state index is -0.158. The van der Waals surface area contributed by atoms with E-state index in [1.165, 1.54) is 11.8 Å². The molecule has 1 aliphatic rings. The number of hydrogen-bond acceptors (Lipinski definition) is 6. The SMILES string of the molecule is O=C(CSCc1ccccc1Br)N/N=C/c1ccc(OCC(=O)N2CCOCC2)cc1. The lowest BCUT2D eigenvalue weighted by atomic mass is 10.2. The van der Waals surface area contributed by atoms with Crippen molar-refractivity contribution in [2.24, 2.45) is 5.10 Å². The predicted octanol–water partition coefficient (Wildman–Crippen LogP) is 3.07. The molecule has 0 bridgehead atoms. The van der Waals surface area contributed by atoms with Crippen molar-refractivity contribution < 1.29 is 19.1 Å². The number of hydrogen-bond donors (Lipinski definition) is 1. The molecule has 3 rings (SSSR count). The van der Waals surface area contributed by atoms with Crippen LogP contribution in [-0.2, 0) is 20.1 Å². The van der Waals surface area contributed by atoms with Crippen molar-refractivity contribution in [3.8, 4) is 5.75 Å². The molecule has 164 valence electrons. The third kappa shape index (κ3) is 8.01. The number of nitrogens with zero attached hydrogens (tertiary/aromatic N) is 2. The Labute approximate surface area is 194 Å². The molecular weight excluding hydrogens is 482 g/mol. The molecule has 0 spiro atoms. The Morgan fingerprint density at radius 3 is 2.65 bits per heavy atom. The summed E-state index contributed by atoms with van der Waals surface area (Å²) in [5.41, 5.74) is 4.49. The molecule has 0 unspecified atom stereocenters. The molecule has 1 N–H and O–H groups in total. The van der Waals surface area contributed by atoms with Gasteiger partial charge in [-0.1, -0.05) is 34.1 Å². The van der Waals surface area contributed by atoms with E-state index in [0.29, 0.717) is 37.8 Å². The second-order valence-corrected chi connectivity index (χ2v) is 8.57. The first-order valence-electron chi connectivity index (χ1n) is 9.83. The quantitative estimate of drug-likeness (QED) is 0.418. The number of rotatable bonds is 9. The van der Waals surface area contributed by atoms with Gasteiger partial charge in [-0.15, -0.1) is 11.8 Å². The number of hydrazone groups is 1. The lowest BCUT2D eigenvalue weighted by molar-refractivity contribution is -0.137. The van der Waals surface area contributed by atoms with Crippen molar-refractivity contribution in [2.75, 3.05) is 38.7 Å². The Morgan fingerprint density at radius 2 is 1.90 bits per heavy atom. The fourth-order valence-corrected chi connectivity index (χ4v) is 4.21. The van der Waals surface area contributed by atoms with E-state index in [1.807, 2.05) is 36.4 Å². The number of benzene rings is 2. The normalized spacial score (nSPS) is 13.9. The summed E-state index contributed by atoms with van der Waals surface area (Å²) >= 11 is 5.03. The van der Waals surface area contributed by atoms with Crippen LogP contribution in [0.2, 0.25) is 0 Å². The number of morpholine rings is 1. The van der Waals surface area contributed by atoms with Gasteiger partial charge in [-0.25, -0.2) is 5.43 Å². The van der Waals surface area contributed by atoms with Crippen LogP contribution < -0.4 is 10.2 Å². The average Bonchev–Trinajstić information content (AvgIpc) is 2.80. The molecule has 0 radical (unpaired) electrons. The van der Waals surface area contributed by atoms with Crippen molar-refractivity contribution in [1.82, 2.24) is 10.3 Å². The zero-order valence-corrected chi connectivity index (χ0v) is 19.4. The van der Waals surface area contributed by atoms with Gasteiger partial charge in [0.2, 0.25) is 5.91 Å². The second-order valence-electron chi connectivity index (χ2n) is 6.73. The molecule has 0 saturated carbocycles. The summed E-state index contributed by atoms with van der Waals surface area (Å²) < 4.78 is 11.8. The maximum atomic E-state index is 12.1. The highest BCUT2D eigenvalue weighted by Gasteiger charge is 2.17. The Hall–Kier alpha value is -2.36. The van der Waals surface area contributed by atoms with Gasteiger partial charge in [-0.3, -0.25) is 9.59 Å². The number of carbonyl (C=O) groups is 2. The van der Waals surface area contributed by atoms with Crippen LogP contribution in [0.25, 0.3) is 0 Å². The van der Waals surface area contributed by atoms with Gasteiger partial charge in [0.1, 0.15) is 5.75 Å². The molecule has 2 aromatic rings. The van der Waals surface area contributed by atoms with Gasteiger partial charge < -0.3 is 14.4 Å². The monoisotopic (exact) mass is 505 g/mol. The molecule has 1 aliphatic heterocycles. The van der Waals surface area contributed by atoms with E-state index in [0.717, 1.165) is 21.4 Å². The summed E-state index contributed by atoms with van der Waals surface area (Å²) in [6.45, 7) is 2.34. The predicted molar refractivity (Wildman–Crippen MR) is 125 cm³/mol. The Bertz CT molecular complexity index is 902. The molecule has 2 aromatic carbocycles. The van der Waals surface area contributed by atoms with Crippen LogP contribution in [0.5, 0.6) is 5.75 Å². The van der Waals surface area contributed by atoms with Gasteiger partial charge in [0.05, 0.1) is 25.2 Å². The zero-order chi connectivity index (χ0) is 21.9. The van der Waals surface area contributed by atoms with Crippen LogP contribution in [0.1, 0.15) is 11.1 Å². The van der Waals surface area contributed by atoms with Crippen LogP contribution in [0.4, 0.5) is 0 Å². The Morgan fingerprint density at radius 1 is 1.16 bits per heavy atom. The van der Waals surface area contributed by atoms with Gasteiger partial charge in [0, 0.05) is 23.3 Å². The first kappa shape index (κ1) is 23.3. The third-order valence-corrected chi connectivity index (χ3v) is 6.21. The standard InChI is InChI=1S/C22H24BrN3O4S/c23-20-4-2-1-3-18(20)15-31-16-21(27)25-24-13-17-5-7-19(8-6-17)30-14-22(28)26-9-11-29-12-10-26/h1-8,13H,9-12,14-16H2,(H,25,27)/b24-13+. The number of carbonyl (C=O) groups excluding carboxylic acids is 2.